The summed E-state index contributed by atoms with van der Waals surface area (Å²) in [5.41, 5.74) is 5.71. The summed E-state index contributed by atoms with van der Waals surface area (Å²) in [4.78, 5) is 6.32. The molecule has 2 aromatic rings. The zero-order valence-corrected chi connectivity index (χ0v) is 13.9. The van der Waals surface area contributed by atoms with Gasteiger partial charge in [-0.15, -0.1) is 0 Å². The predicted octanol–water partition coefficient (Wildman–Crippen LogP) is 3.21. The highest BCUT2D eigenvalue weighted by Crippen LogP contribution is 2.46. The normalized spacial score (nSPS) is 30.6. The molecule has 1 unspecified atom stereocenters. The van der Waals surface area contributed by atoms with Crippen LogP contribution in [0.15, 0.2) is 18.2 Å². The van der Waals surface area contributed by atoms with Gasteiger partial charge >= 0.3 is 0 Å². The van der Waals surface area contributed by atoms with Crippen molar-refractivity contribution in [3.05, 3.63) is 35.0 Å². The minimum Gasteiger partial charge on any atom is -0.396 e. The molecule has 23 heavy (non-hydrogen) atoms. The third-order valence-corrected chi connectivity index (χ3v) is 6.45. The van der Waals surface area contributed by atoms with Gasteiger partial charge in [0, 0.05) is 48.3 Å². The minimum atomic E-state index is 0.333. The highest BCUT2D eigenvalue weighted by Gasteiger charge is 2.42. The summed E-state index contributed by atoms with van der Waals surface area (Å²) >= 11 is 0. The molecule has 1 aliphatic heterocycles. The molecule has 3 atom stereocenters. The number of fused-ring (bicyclic) bond motifs is 2. The second kappa shape index (κ2) is 5.09. The third-order valence-electron chi connectivity index (χ3n) is 6.45. The lowest BCUT2D eigenvalue weighted by Crippen LogP contribution is -2.51. The highest BCUT2D eigenvalue weighted by atomic mass is 16.3. The van der Waals surface area contributed by atoms with Crippen LogP contribution >= 0.6 is 0 Å². The molecular weight excluding hydrogens is 284 g/mol. The summed E-state index contributed by atoms with van der Waals surface area (Å²) in [7, 11) is 0. The lowest BCUT2D eigenvalue weighted by Gasteiger charge is -2.47. The smallest absolute Gasteiger partial charge is 0.0471 e. The van der Waals surface area contributed by atoms with Crippen LogP contribution in [0.25, 0.3) is 10.9 Å². The van der Waals surface area contributed by atoms with E-state index in [-0.39, 0.29) is 0 Å². The summed E-state index contributed by atoms with van der Waals surface area (Å²) in [5, 5.41) is 11.3. The average Bonchev–Trinajstić information content (AvgIpc) is 3.32. The van der Waals surface area contributed by atoms with Crippen LogP contribution in [0.5, 0.6) is 0 Å². The average molecular weight is 310 g/mol. The fourth-order valence-electron chi connectivity index (χ4n) is 5.14. The first-order chi connectivity index (χ1) is 11.2. The molecule has 1 aromatic carbocycles. The number of hydrogen-bond acceptors (Lipinski definition) is 2. The van der Waals surface area contributed by atoms with Gasteiger partial charge in [0.1, 0.15) is 0 Å². The van der Waals surface area contributed by atoms with Crippen LogP contribution in [-0.4, -0.2) is 40.7 Å². The second-order valence-corrected chi connectivity index (χ2v) is 8.06. The number of aromatic nitrogens is 1. The predicted molar refractivity (Wildman–Crippen MR) is 92.8 cm³/mol. The summed E-state index contributed by atoms with van der Waals surface area (Å²) < 4.78 is 0. The molecule has 0 spiro atoms. The molecular formula is C20H26N2O. The molecule has 2 fully saturated rings. The summed E-state index contributed by atoms with van der Waals surface area (Å²) in [5.74, 6) is 1.94. The standard InChI is InChI=1S/C20H26N2O/c1-12-16-8-19-17(15-3-2-4-18(21-12)20(15)16)7-14(11-23)10-22(19)9-13-5-6-13/h2-4,13-14,17,19,21,23H,5-11H2,1H3/t14-,17?,19-/m1/s1. The molecule has 3 heteroatoms. The number of nitrogens with zero attached hydrogens (tertiary/aromatic N) is 1. The maximum Gasteiger partial charge on any atom is 0.0471 e. The van der Waals surface area contributed by atoms with Crippen molar-refractivity contribution < 1.29 is 5.11 Å². The summed E-state index contributed by atoms with van der Waals surface area (Å²) in [6.07, 6.45) is 5.13. The van der Waals surface area contributed by atoms with Gasteiger partial charge in [0.15, 0.2) is 0 Å². The number of rotatable bonds is 3. The van der Waals surface area contributed by atoms with E-state index in [0.717, 1.165) is 18.9 Å². The molecule has 1 aromatic heterocycles. The Kier molecular flexibility index (Phi) is 3.11. The molecule has 2 heterocycles. The maximum absolute atomic E-state index is 9.81. The zero-order valence-electron chi connectivity index (χ0n) is 13.9. The number of aliphatic hydroxyl groups excluding tert-OH is 1. The number of likely N-dealkylation sites (tertiary alicyclic amines) is 1. The van der Waals surface area contributed by atoms with Crippen molar-refractivity contribution in [2.75, 3.05) is 19.7 Å². The Morgan fingerprint density at radius 3 is 2.91 bits per heavy atom. The molecule has 0 amide bonds. The number of aliphatic hydroxyl groups is 1. The third kappa shape index (κ3) is 2.17. The van der Waals surface area contributed by atoms with Crippen molar-refractivity contribution in [1.29, 1.82) is 0 Å². The van der Waals surface area contributed by atoms with Gasteiger partial charge in [-0.2, -0.15) is 0 Å². The molecule has 1 saturated carbocycles. The van der Waals surface area contributed by atoms with Gasteiger partial charge < -0.3 is 10.1 Å². The minimum absolute atomic E-state index is 0.333. The number of aryl methyl sites for hydroxylation is 1. The van der Waals surface area contributed by atoms with E-state index in [0.29, 0.717) is 24.5 Å². The van der Waals surface area contributed by atoms with Gasteiger partial charge in [-0.1, -0.05) is 12.1 Å². The Balaban J connectivity index is 1.60. The molecule has 0 bridgehead atoms. The Hall–Kier alpha value is -1.32. The lowest BCUT2D eigenvalue weighted by molar-refractivity contribution is 0.0536. The summed E-state index contributed by atoms with van der Waals surface area (Å²) in [6, 6.07) is 7.38. The molecule has 122 valence electrons. The quantitative estimate of drug-likeness (QED) is 0.914. The van der Waals surface area contributed by atoms with E-state index in [1.165, 1.54) is 48.0 Å². The van der Waals surface area contributed by atoms with E-state index in [9.17, 15) is 5.11 Å². The largest absolute Gasteiger partial charge is 0.396 e. The molecule has 0 radical (unpaired) electrons. The van der Waals surface area contributed by atoms with Crippen LogP contribution in [-0.2, 0) is 6.42 Å². The number of hydrogen-bond donors (Lipinski definition) is 2. The van der Waals surface area contributed by atoms with Gasteiger partial charge in [-0.25, -0.2) is 0 Å². The van der Waals surface area contributed by atoms with Crippen molar-refractivity contribution in [1.82, 2.24) is 9.88 Å². The van der Waals surface area contributed by atoms with E-state index < -0.39 is 0 Å². The van der Waals surface area contributed by atoms with Crippen molar-refractivity contribution in [2.45, 2.75) is 44.6 Å². The molecule has 3 nitrogen and oxygen atoms in total. The maximum atomic E-state index is 9.81. The van der Waals surface area contributed by atoms with E-state index >= 15 is 0 Å². The van der Waals surface area contributed by atoms with Crippen molar-refractivity contribution in [2.24, 2.45) is 11.8 Å². The zero-order chi connectivity index (χ0) is 15.6. The fourth-order valence-corrected chi connectivity index (χ4v) is 5.14. The fraction of sp³-hybridized carbons (Fsp3) is 0.600. The monoisotopic (exact) mass is 310 g/mol. The van der Waals surface area contributed by atoms with Crippen LogP contribution in [0.2, 0.25) is 0 Å². The Labute approximate surface area is 137 Å². The number of H-pyrrole nitrogens is 1. The van der Waals surface area contributed by atoms with Gasteiger partial charge in [0.25, 0.3) is 0 Å². The molecule has 2 N–H and O–H groups in total. The molecule has 3 aliphatic rings. The van der Waals surface area contributed by atoms with Crippen molar-refractivity contribution in [3.63, 3.8) is 0 Å². The second-order valence-electron chi connectivity index (χ2n) is 8.06. The van der Waals surface area contributed by atoms with E-state index in [1.807, 2.05) is 0 Å². The Bertz CT molecular complexity index is 745. The van der Waals surface area contributed by atoms with Crippen LogP contribution in [0.1, 0.15) is 42.0 Å². The number of benzene rings is 1. The van der Waals surface area contributed by atoms with Crippen molar-refractivity contribution >= 4 is 10.9 Å². The lowest BCUT2D eigenvalue weighted by atomic mass is 9.72. The van der Waals surface area contributed by atoms with E-state index in [4.69, 9.17) is 0 Å². The van der Waals surface area contributed by atoms with Gasteiger partial charge in [0.2, 0.25) is 0 Å². The van der Waals surface area contributed by atoms with E-state index in [1.54, 1.807) is 5.56 Å². The molecule has 1 saturated heterocycles. The van der Waals surface area contributed by atoms with Crippen molar-refractivity contribution in [3.8, 4) is 0 Å². The first-order valence-corrected chi connectivity index (χ1v) is 9.19. The van der Waals surface area contributed by atoms with Gasteiger partial charge in [-0.05, 0) is 61.6 Å². The van der Waals surface area contributed by atoms with Gasteiger partial charge in [-0.3, -0.25) is 4.90 Å². The Morgan fingerprint density at radius 1 is 1.26 bits per heavy atom. The van der Waals surface area contributed by atoms with Gasteiger partial charge in [0.05, 0.1) is 0 Å². The summed E-state index contributed by atoms with van der Waals surface area (Å²) in [6.45, 7) is 4.89. The number of nitrogens with one attached hydrogen (secondary N) is 1. The van der Waals surface area contributed by atoms with Crippen LogP contribution in [0, 0.1) is 18.8 Å². The van der Waals surface area contributed by atoms with Crippen LogP contribution in [0.3, 0.4) is 0 Å². The highest BCUT2D eigenvalue weighted by molar-refractivity contribution is 5.89. The Morgan fingerprint density at radius 2 is 2.13 bits per heavy atom. The number of piperidine rings is 1. The van der Waals surface area contributed by atoms with E-state index in [2.05, 4.69) is 35.0 Å². The first kappa shape index (κ1) is 14.1. The molecule has 5 rings (SSSR count). The van der Waals surface area contributed by atoms with Crippen LogP contribution in [0.4, 0.5) is 0 Å². The topological polar surface area (TPSA) is 39.3 Å². The SMILES string of the molecule is Cc1[nH]c2cccc3c2c1C[C@@H]1C3C[C@@H](CO)CN1CC1CC1. The first-order valence-electron chi connectivity index (χ1n) is 9.19. The van der Waals surface area contributed by atoms with Crippen LogP contribution < -0.4 is 0 Å². The molecule has 2 aliphatic carbocycles. The number of aromatic amines is 1.